The van der Waals surface area contributed by atoms with E-state index in [2.05, 4.69) is 50.4 Å². The Balaban J connectivity index is 1.50. The molecule has 0 spiro atoms. The molecule has 0 aliphatic rings. The summed E-state index contributed by atoms with van der Waals surface area (Å²) >= 11 is 0. The van der Waals surface area contributed by atoms with Crippen LogP contribution in [0.25, 0.3) is 10.8 Å². The molecular weight excluding hydrogens is 322 g/mol. The smallest absolute Gasteiger partial charge is 0.258 e. The number of hydrogen-bond donors (Lipinski definition) is 1. The van der Waals surface area contributed by atoms with Gasteiger partial charge in [0.15, 0.2) is 6.61 Å². The Labute approximate surface area is 155 Å². The van der Waals surface area contributed by atoms with E-state index in [1.807, 2.05) is 42.5 Å². The number of benzene rings is 3. The first-order chi connectivity index (χ1) is 12.4. The minimum Gasteiger partial charge on any atom is -0.484 e. The van der Waals surface area contributed by atoms with Crippen LogP contribution >= 0.6 is 0 Å². The first-order valence-corrected chi connectivity index (χ1v) is 8.89. The second-order valence-corrected chi connectivity index (χ2v) is 7.52. The summed E-state index contributed by atoms with van der Waals surface area (Å²) in [5.41, 5.74) is 2.42. The first kappa shape index (κ1) is 18.0. The maximum Gasteiger partial charge on any atom is 0.258 e. The lowest BCUT2D eigenvalue weighted by Crippen LogP contribution is -2.28. The molecule has 26 heavy (non-hydrogen) atoms. The number of amides is 1. The lowest BCUT2D eigenvalue weighted by molar-refractivity contribution is -0.123. The van der Waals surface area contributed by atoms with Crippen molar-refractivity contribution in [1.29, 1.82) is 0 Å². The zero-order valence-corrected chi connectivity index (χ0v) is 15.6. The molecule has 3 aromatic rings. The number of fused-ring (bicyclic) bond motifs is 1. The van der Waals surface area contributed by atoms with E-state index >= 15 is 0 Å². The predicted octanol–water partition coefficient (Wildman–Crippen LogP) is 4.83. The van der Waals surface area contributed by atoms with Crippen LogP contribution in [0, 0.1) is 0 Å². The van der Waals surface area contributed by atoms with Crippen LogP contribution in [-0.2, 0) is 16.8 Å². The summed E-state index contributed by atoms with van der Waals surface area (Å²) in [6, 6.07) is 22.3. The van der Waals surface area contributed by atoms with Gasteiger partial charge in [0, 0.05) is 6.54 Å². The Morgan fingerprint density at radius 2 is 1.62 bits per heavy atom. The second-order valence-electron chi connectivity index (χ2n) is 7.52. The molecule has 0 saturated heterocycles. The number of nitrogens with one attached hydrogen (secondary N) is 1. The second kappa shape index (κ2) is 7.61. The Morgan fingerprint density at radius 3 is 2.31 bits per heavy atom. The number of hydrogen-bond acceptors (Lipinski definition) is 2. The Bertz CT molecular complexity index is 892. The highest BCUT2D eigenvalue weighted by molar-refractivity contribution is 5.83. The van der Waals surface area contributed by atoms with Gasteiger partial charge in [-0.25, -0.2) is 0 Å². The van der Waals surface area contributed by atoms with Gasteiger partial charge >= 0.3 is 0 Å². The van der Waals surface area contributed by atoms with Crippen molar-refractivity contribution in [3.63, 3.8) is 0 Å². The fourth-order valence-corrected chi connectivity index (χ4v) is 2.80. The predicted molar refractivity (Wildman–Crippen MR) is 106 cm³/mol. The third kappa shape index (κ3) is 4.63. The molecule has 0 unspecified atom stereocenters. The molecular formula is C23H25NO2. The van der Waals surface area contributed by atoms with Crippen LogP contribution in [0.15, 0.2) is 66.7 Å². The molecule has 134 valence electrons. The van der Waals surface area contributed by atoms with Crippen molar-refractivity contribution >= 4 is 16.7 Å². The average Bonchev–Trinajstić information content (AvgIpc) is 2.64. The number of rotatable bonds is 5. The molecule has 1 N–H and O–H groups in total. The molecule has 0 atom stereocenters. The van der Waals surface area contributed by atoms with Crippen molar-refractivity contribution in [3.8, 4) is 5.75 Å². The van der Waals surface area contributed by atoms with E-state index < -0.39 is 0 Å². The van der Waals surface area contributed by atoms with Crippen molar-refractivity contribution in [3.05, 3.63) is 77.9 Å². The van der Waals surface area contributed by atoms with E-state index in [0.717, 1.165) is 5.56 Å². The summed E-state index contributed by atoms with van der Waals surface area (Å²) in [6.07, 6.45) is 0. The fourth-order valence-electron chi connectivity index (χ4n) is 2.80. The van der Waals surface area contributed by atoms with Crippen molar-refractivity contribution in [2.24, 2.45) is 0 Å². The van der Waals surface area contributed by atoms with Gasteiger partial charge in [0.25, 0.3) is 5.91 Å². The van der Waals surface area contributed by atoms with E-state index in [0.29, 0.717) is 12.3 Å². The maximum absolute atomic E-state index is 12.0. The monoisotopic (exact) mass is 347 g/mol. The lowest BCUT2D eigenvalue weighted by atomic mass is 9.87. The average molecular weight is 347 g/mol. The minimum absolute atomic E-state index is 0.0163. The van der Waals surface area contributed by atoms with Gasteiger partial charge < -0.3 is 10.1 Å². The molecule has 0 radical (unpaired) electrons. The van der Waals surface area contributed by atoms with Crippen LogP contribution in [0.3, 0.4) is 0 Å². The highest BCUT2D eigenvalue weighted by atomic mass is 16.5. The summed E-state index contributed by atoms with van der Waals surface area (Å²) < 4.78 is 5.58. The van der Waals surface area contributed by atoms with Crippen molar-refractivity contribution in [2.45, 2.75) is 32.7 Å². The van der Waals surface area contributed by atoms with E-state index in [-0.39, 0.29) is 17.9 Å². The summed E-state index contributed by atoms with van der Waals surface area (Å²) in [5.74, 6) is 0.580. The van der Waals surface area contributed by atoms with Gasteiger partial charge in [0.1, 0.15) is 5.75 Å². The summed E-state index contributed by atoms with van der Waals surface area (Å²) in [5, 5.41) is 5.28. The third-order valence-corrected chi connectivity index (χ3v) is 4.39. The molecule has 3 heteroatoms. The highest BCUT2D eigenvalue weighted by Crippen LogP contribution is 2.24. The van der Waals surface area contributed by atoms with Crippen LogP contribution in [0.4, 0.5) is 0 Å². The Morgan fingerprint density at radius 1 is 0.923 bits per heavy atom. The summed E-state index contributed by atoms with van der Waals surface area (Å²) in [7, 11) is 0. The Kier molecular flexibility index (Phi) is 5.27. The van der Waals surface area contributed by atoms with E-state index in [1.54, 1.807) is 0 Å². The van der Waals surface area contributed by atoms with Gasteiger partial charge in [-0.15, -0.1) is 0 Å². The first-order valence-electron chi connectivity index (χ1n) is 8.89. The number of ether oxygens (including phenoxy) is 1. The van der Waals surface area contributed by atoms with E-state index in [4.69, 9.17) is 4.74 Å². The summed E-state index contributed by atoms with van der Waals surface area (Å²) in [6.45, 7) is 7.02. The van der Waals surface area contributed by atoms with Gasteiger partial charge in [0.2, 0.25) is 0 Å². The fraction of sp³-hybridized carbons (Fsp3) is 0.261. The van der Waals surface area contributed by atoms with Gasteiger partial charge in [-0.2, -0.15) is 0 Å². The standard InChI is InChI=1S/C23H25NO2/c1-23(2,3)20-10-12-21(13-11-20)26-16-22(25)24-15-17-8-9-18-6-4-5-7-19(18)14-17/h4-14H,15-16H2,1-3H3,(H,24,25). The molecule has 3 aromatic carbocycles. The molecule has 1 amide bonds. The quantitative estimate of drug-likeness (QED) is 0.718. The highest BCUT2D eigenvalue weighted by Gasteiger charge is 2.13. The normalized spacial score (nSPS) is 11.3. The van der Waals surface area contributed by atoms with Crippen molar-refractivity contribution in [1.82, 2.24) is 5.32 Å². The van der Waals surface area contributed by atoms with E-state index in [1.165, 1.54) is 16.3 Å². The van der Waals surface area contributed by atoms with Crippen molar-refractivity contribution < 1.29 is 9.53 Å². The summed E-state index contributed by atoms with van der Waals surface area (Å²) in [4.78, 5) is 12.0. The number of carbonyl (C=O) groups excluding carboxylic acids is 1. The van der Waals surface area contributed by atoms with Crippen molar-refractivity contribution in [2.75, 3.05) is 6.61 Å². The lowest BCUT2D eigenvalue weighted by Gasteiger charge is -2.19. The van der Waals surface area contributed by atoms with Crippen LogP contribution in [0.5, 0.6) is 5.75 Å². The zero-order valence-electron chi connectivity index (χ0n) is 15.6. The SMILES string of the molecule is CC(C)(C)c1ccc(OCC(=O)NCc2ccc3ccccc3c2)cc1. The topological polar surface area (TPSA) is 38.3 Å². The zero-order chi connectivity index (χ0) is 18.6. The molecule has 0 aliphatic carbocycles. The van der Waals surface area contributed by atoms with Gasteiger partial charge in [-0.3, -0.25) is 4.79 Å². The Hall–Kier alpha value is -2.81. The molecule has 0 saturated carbocycles. The molecule has 3 rings (SSSR count). The van der Waals surface area contributed by atoms with Gasteiger partial charge in [-0.05, 0) is 45.5 Å². The minimum atomic E-state index is -0.127. The van der Waals surface area contributed by atoms with Crippen LogP contribution in [0.1, 0.15) is 31.9 Å². The third-order valence-electron chi connectivity index (χ3n) is 4.39. The largest absolute Gasteiger partial charge is 0.484 e. The molecule has 0 bridgehead atoms. The molecule has 0 heterocycles. The molecule has 3 nitrogen and oxygen atoms in total. The molecule has 0 aliphatic heterocycles. The van der Waals surface area contributed by atoms with Crippen LogP contribution in [0.2, 0.25) is 0 Å². The van der Waals surface area contributed by atoms with Gasteiger partial charge in [0.05, 0.1) is 0 Å². The van der Waals surface area contributed by atoms with Crippen LogP contribution < -0.4 is 10.1 Å². The van der Waals surface area contributed by atoms with Crippen LogP contribution in [-0.4, -0.2) is 12.5 Å². The molecule has 0 aromatic heterocycles. The van der Waals surface area contributed by atoms with E-state index in [9.17, 15) is 4.79 Å². The molecule has 0 fully saturated rings. The van der Waals surface area contributed by atoms with Gasteiger partial charge in [-0.1, -0.05) is 69.3 Å². The number of carbonyl (C=O) groups is 1. The maximum atomic E-state index is 12.0.